The molecule has 120 valence electrons. The van der Waals surface area contributed by atoms with Crippen molar-refractivity contribution in [1.82, 2.24) is 0 Å². The number of benzene rings is 2. The van der Waals surface area contributed by atoms with Gasteiger partial charge in [-0.25, -0.2) is 8.78 Å². The second-order valence-electron chi connectivity index (χ2n) is 4.77. The van der Waals surface area contributed by atoms with Crippen molar-refractivity contribution in [3.8, 4) is 5.75 Å². The second-order valence-corrected chi connectivity index (χ2v) is 4.77. The van der Waals surface area contributed by atoms with Crippen molar-refractivity contribution >= 4 is 17.5 Å². The highest BCUT2D eigenvalue weighted by Gasteiger charge is 2.16. The SMILES string of the molecule is C[C@H](Oc1ccc(F)c(F)c1)C(=O)Nc1ccc(C(N)=O)cc1. The maximum atomic E-state index is 13.1. The van der Waals surface area contributed by atoms with Crippen LogP contribution in [0.2, 0.25) is 0 Å². The van der Waals surface area contributed by atoms with Crippen LogP contribution in [0.4, 0.5) is 14.5 Å². The van der Waals surface area contributed by atoms with Crippen molar-refractivity contribution in [2.45, 2.75) is 13.0 Å². The standard InChI is InChI=1S/C16H14F2N2O3/c1-9(23-12-6-7-13(17)14(18)8-12)16(22)20-11-4-2-10(3-5-11)15(19)21/h2-9H,1H3,(H2,19,21)(H,20,22)/t9-/m0/s1. The van der Waals surface area contributed by atoms with E-state index < -0.39 is 29.6 Å². The summed E-state index contributed by atoms with van der Waals surface area (Å²) in [5.41, 5.74) is 5.88. The van der Waals surface area contributed by atoms with Crippen molar-refractivity contribution < 1.29 is 23.1 Å². The fraction of sp³-hybridized carbons (Fsp3) is 0.125. The number of amides is 2. The van der Waals surface area contributed by atoms with Gasteiger partial charge in [-0.3, -0.25) is 9.59 Å². The third-order valence-corrected chi connectivity index (χ3v) is 3.01. The Morgan fingerprint density at radius 1 is 1.09 bits per heavy atom. The maximum Gasteiger partial charge on any atom is 0.265 e. The molecule has 0 aromatic heterocycles. The predicted molar refractivity (Wildman–Crippen MR) is 80.0 cm³/mol. The molecule has 2 aromatic carbocycles. The second kappa shape index (κ2) is 6.87. The Bertz CT molecular complexity index is 733. The van der Waals surface area contributed by atoms with Gasteiger partial charge in [0.2, 0.25) is 5.91 Å². The molecule has 2 amide bonds. The monoisotopic (exact) mass is 320 g/mol. The number of anilines is 1. The van der Waals surface area contributed by atoms with Crippen LogP contribution < -0.4 is 15.8 Å². The van der Waals surface area contributed by atoms with E-state index in [4.69, 9.17) is 10.5 Å². The van der Waals surface area contributed by atoms with Crippen LogP contribution in [-0.4, -0.2) is 17.9 Å². The number of halogens is 2. The highest BCUT2D eigenvalue weighted by Crippen LogP contribution is 2.17. The van der Waals surface area contributed by atoms with E-state index >= 15 is 0 Å². The van der Waals surface area contributed by atoms with E-state index in [2.05, 4.69) is 5.32 Å². The van der Waals surface area contributed by atoms with Gasteiger partial charge in [0.1, 0.15) is 5.75 Å². The smallest absolute Gasteiger partial charge is 0.265 e. The van der Waals surface area contributed by atoms with E-state index in [1.165, 1.54) is 37.3 Å². The molecule has 0 unspecified atom stereocenters. The van der Waals surface area contributed by atoms with Crippen LogP contribution in [0, 0.1) is 11.6 Å². The number of ether oxygens (including phenoxy) is 1. The summed E-state index contributed by atoms with van der Waals surface area (Å²) in [5.74, 6) is -3.07. The molecule has 0 radical (unpaired) electrons. The first-order chi connectivity index (χ1) is 10.9. The number of carbonyl (C=O) groups is 2. The number of hydrogen-bond donors (Lipinski definition) is 2. The van der Waals surface area contributed by atoms with E-state index in [0.717, 1.165) is 12.1 Å². The minimum absolute atomic E-state index is 0.0376. The molecule has 0 aliphatic carbocycles. The minimum atomic E-state index is -1.06. The molecule has 0 fully saturated rings. The first kappa shape index (κ1) is 16.4. The van der Waals surface area contributed by atoms with Gasteiger partial charge >= 0.3 is 0 Å². The molecule has 0 heterocycles. The molecular weight excluding hydrogens is 306 g/mol. The van der Waals surface area contributed by atoms with Crippen LogP contribution in [0.25, 0.3) is 0 Å². The Kier molecular flexibility index (Phi) is 4.90. The van der Waals surface area contributed by atoms with Crippen molar-refractivity contribution in [2.24, 2.45) is 5.73 Å². The highest BCUT2D eigenvalue weighted by molar-refractivity contribution is 5.96. The molecule has 0 saturated heterocycles. The van der Waals surface area contributed by atoms with Gasteiger partial charge in [0.25, 0.3) is 5.91 Å². The maximum absolute atomic E-state index is 13.1. The zero-order valence-electron chi connectivity index (χ0n) is 12.2. The van der Waals surface area contributed by atoms with Crippen LogP contribution >= 0.6 is 0 Å². The Morgan fingerprint density at radius 3 is 2.30 bits per heavy atom. The molecule has 23 heavy (non-hydrogen) atoms. The van der Waals surface area contributed by atoms with Crippen molar-refractivity contribution in [3.05, 3.63) is 59.7 Å². The molecule has 5 nitrogen and oxygen atoms in total. The van der Waals surface area contributed by atoms with Crippen LogP contribution in [0.3, 0.4) is 0 Å². The fourth-order valence-electron chi connectivity index (χ4n) is 1.77. The Balaban J connectivity index is 1.99. The summed E-state index contributed by atoms with van der Waals surface area (Å²) in [6.07, 6.45) is -0.935. The first-order valence-corrected chi connectivity index (χ1v) is 6.69. The van der Waals surface area contributed by atoms with Gasteiger partial charge in [-0.15, -0.1) is 0 Å². The van der Waals surface area contributed by atoms with Crippen LogP contribution in [0.1, 0.15) is 17.3 Å². The molecule has 0 bridgehead atoms. The van der Waals surface area contributed by atoms with E-state index in [1.54, 1.807) is 0 Å². The first-order valence-electron chi connectivity index (χ1n) is 6.69. The number of carbonyl (C=O) groups excluding carboxylic acids is 2. The Morgan fingerprint density at radius 2 is 1.74 bits per heavy atom. The predicted octanol–water partition coefficient (Wildman–Crippen LogP) is 2.47. The third kappa shape index (κ3) is 4.26. The minimum Gasteiger partial charge on any atom is -0.481 e. The van der Waals surface area contributed by atoms with Gasteiger partial charge < -0.3 is 15.8 Å². The molecule has 2 aromatic rings. The summed E-state index contributed by atoms with van der Waals surface area (Å²) < 4.78 is 31.2. The van der Waals surface area contributed by atoms with Gasteiger partial charge in [-0.1, -0.05) is 0 Å². The zero-order valence-corrected chi connectivity index (χ0v) is 12.2. The van der Waals surface area contributed by atoms with Crippen molar-refractivity contribution in [3.63, 3.8) is 0 Å². The van der Waals surface area contributed by atoms with Gasteiger partial charge in [-0.05, 0) is 43.3 Å². The van der Waals surface area contributed by atoms with Gasteiger partial charge in [-0.2, -0.15) is 0 Å². The van der Waals surface area contributed by atoms with Crippen molar-refractivity contribution in [2.75, 3.05) is 5.32 Å². The Labute approximate surface area is 131 Å². The number of hydrogen-bond acceptors (Lipinski definition) is 3. The van der Waals surface area contributed by atoms with Crippen molar-refractivity contribution in [1.29, 1.82) is 0 Å². The molecule has 0 saturated carbocycles. The van der Waals surface area contributed by atoms with E-state index in [9.17, 15) is 18.4 Å². The normalized spacial score (nSPS) is 11.6. The molecular formula is C16H14F2N2O3. The van der Waals surface area contributed by atoms with Gasteiger partial charge in [0.15, 0.2) is 17.7 Å². The van der Waals surface area contributed by atoms with Crippen LogP contribution in [0.5, 0.6) is 5.75 Å². The summed E-state index contributed by atoms with van der Waals surface area (Å²) in [5, 5.41) is 2.57. The largest absolute Gasteiger partial charge is 0.481 e. The summed E-state index contributed by atoms with van der Waals surface area (Å²) in [4.78, 5) is 22.9. The zero-order chi connectivity index (χ0) is 17.0. The summed E-state index contributed by atoms with van der Waals surface area (Å²) in [7, 11) is 0. The lowest BCUT2D eigenvalue weighted by molar-refractivity contribution is -0.122. The van der Waals surface area contributed by atoms with E-state index in [1.807, 2.05) is 0 Å². The summed E-state index contributed by atoms with van der Waals surface area (Å²) >= 11 is 0. The summed E-state index contributed by atoms with van der Waals surface area (Å²) in [6.45, 7) is 1.47. The Hall–Kier alpha value is -2.96. The van der Waals surface area contributed by atoms with Crippen LogP contribution in [0.15, 0.2) is 42.5 Å². The van der Waals surface area contributed by atoms with Gasteiger partial charge in [0, 0.05) is 17.3 Å². The third-order valence-electron chi connectivity index (χ3n) is 3.01. The number of nitrogens with one attached hydrogen (secondary N) is 1. The average molecular weight is 320 g/mol. The average Bonchev–Trinajstić information content (AvgIpc) is 2.51. The molecule has 0 aliphatic heterocycles. The molecule has 0 spiro atoms. The topological polar surface area (TPSA) is 81.4 Å². The number of nitrogens with two attached hydrogens (primary N) is 1. The van der Waals surface area contributed by atoms with Gasteiger partial charge in [0.05, 0.1) is 0 Å². The lowest BCUT2D eigenvalue weighted by Gasteiger charge is -2.15. The lowest BCUT2D eigenvalue weighted by atomic mass is 10.2. The number of rotatable bonds is 5. The van der Waals surface area contributed by atoms with Crippen LogP contribution in [-0.2, 0) is 4.79 Å². The van der Waals surface area contributed by atoms with E-state index in [-0.39, 0.29) is 5.75 Å². The fourth-order valence-corrected chi connectivity index (χ4v) is 1.77. The molecule has 3 N–H and O–H groups in total. The quantitative estimate of drug-likeness (QED) is 0.888. The number of primary amides is 1. The lowest BCUT2D eigenvalue weighted by Crippen LogP contribution is -2.30. The van der Waals surface area contributed by atoms with E-state index in [0.29, 0.717) is 11.3 Å². The molecule has 2 rings (SSSR count). The molecule has 7 heteroatoms. The molecule has 1 atom stereocenters. The highest BCUT2D eigenvalue weighted by atomic mass is 19.2. The summed E-state index contributed by atoms with van der Waals surface area (Å²) in [6, 6.07) is 8.98. The molecule has 0 aliphatic rings.